The van der Waals surface area contributed by atoms with Gasteiger partial charge in [-0.05, 0) is 23.3 Å². The summed E-state index contributed by atoms with van der Waals surface area (Å²) in [4.78, 5) is 23.8. The van der Waals surface area contributed by atoms with E-state index in [1.807, 2.05) is 30.3 Å². The molecular weight excluding hydrogens is 330 g/mol. The summed E-state index contributed by atoms with van der Waals surface area (Å²) in [5.41, 5.74) is 1.71. The SMILES string of the molecule is COC(=O)[C@H](Cc1ccc(Cl)cc1)NC(=O)OCc1ccccc1. The van der Waals surface area contributed by atoms with E-state index in [9.17, 15) is 9.59 Å². The summed E-state index contributed by atoms with van der Waals surface area (Å²) in [5, 5.41) is 3.13. The number of hydrogen-bond acceptors (Lipinski definition) is 4. The maximum Gasteiger partial charge on any atom is 0.408 e. The van der Waals surface area contributed by atoms with Crippen molar-refractivity contribution in [2.45, 2.75) is 19.1 Å². The normalized spacial score (nSPS) is 11.4. The van der Waals surface area contributed by atoms with Crippen LogP contribution in [0.4, 0.5) is 4.79 Å². The molecule has 0 aliphatic rings. The fourth-order valence-corrected chi connectivity index (χ4v) is 2.22. The summed E-state index contributed by atoms with van der Waals surface area (Å²) < 4.78 is 9.87. The first kappa shape index (κ1) is 17.8. The standard InChI is InChI=1S/C18H18ClNO4/c1-23-17(21)16(11-13-7-9-15(19)10-8-13)20-18(22)24-12-14-5-3-2-4-6-14/h2-10,16H,11-12H2,1H3,(H,20,22)/t16-/m0/s1. The van der Waals surface area contributed by atoms with Crippen LogP contribution in [0, 0.1) is 0 Å². The summed E-state index contributed by atoms with van der Waals surface area (Å²) in [5.74, 6) is -0.540. The van der Waals surface area contributed by atoms with Crippen LogP contribution in [-0.4, -0.2) is 25.2 Å². The van der Waals surface area contributed by atoms with Crippen molar-refractivity contribution in [1.82, 2.24) is 5.32 Å². The second kappa shape index (κ2) is 8.93. The lowest BCUT2D eigenvalue weighted by molar-refractivity contribution is -0.143. The van der Waals surface area contributed by atoms with E-state index in [-0.39, 0.29) is 13.0 Å². The highest BCUT2D eigenvalue weighted by Gasteiger charge is 2.22. The second-order valence-corrected chi connectivity index (χ2v) is 5.55. The lowest BCUT2D eigenvalue weighted by Gasteiger charge is -2.16. The van der Waals surface area contributed by atoms with Gasteiger partial charge in [-0.2, -0.15) is 0 Å². The van der Waals surface area contributed by atoms with Gasteiger partial charge in [0.25, 0.3) is 0 Å². The van der Waals surface area contributed by atoms with Gasteiger partial charge >= 0.3 is 12.1 Å². The first-order valence-corrected chi connectivity index (χ1v) is 7.76. The highest BCUT2D eigenvalue weighted by molar-refractivity contribution is 6.30. The van der Waals surface area contributed by atoms with Crippen LogP contribution in [0.3, 0.4) is 0 Å². The molecule has 0 heterocycles. The fraction of sp³-hybridized carbons (Fsp3) is 0.222. The number of hydrogen-bond donors (Lipinski definition) is 1. The van der Waals surface area contributed by atoms with Gasteiger partial charge in [0, 0.05) is 11.4 Å². The van der Waals surface area contributed by atoms with E-state index >= 15 is 0 Å². The Morgan fingerprint density at radius 3 is 2.33 bits per heavy atom. The Hall–Kier alpha value is -2.53. The highest BCUT2D eigenvalue weighted by Crippen LogP contribution is 2.12. The van der Waals surface area contributed by atoms with E-state index in [1.54, 1.807) is 24.3 Å². The minimum absolute atomic E-state index is 0.126. The molecule has 24 heavy (non-hydrogen) atoms. The van der Waals surface area contributed by atoms with Crippen LogP contribution in [0.2, 0.25) is 5.02 Å². The zero-order chi connectivity index (χ0) is 17.4. The van der Waals surface area contributed by atoms with E-state index in [4.69, 9.17) is 21.1 Å². The Morgan fingerprint density at radius 2 is 1.71 bits per heavy atom. The molecule has 2 aromatic rings. The highest BCUT2D eigenvalue weighted by atomic mass is 35.5. The number of nitrogens with one attached hydrogen (secondary N) is 1. The Labute approximate surface area is 145 Å². The monoisotopic (exact) mass is 347 g/mol. The van der Waals surface area contributed by atoms with Crippen LogP contribution in [-0.2, 0) is 27.3 Å². The average molecular weight is 348 g/mol. The number of amides is 1. The largest absolute Gasteiger partial charge is 0.467 e. The summed E-state index contributed by atoms with van der Waals surface area (Å²) in [6.07, 6.45) is -0.396. The molecule has 0 spiro atoms. The van der Waals surface area contributed by atoms with Gasteiger partial charge in [-0.1, -0.05) is 54.1 Å². The van der Waals surface area contributed by atoms with Crippen molar-refractivity contribution >= 4 is 23.7 Å². The number of methoxy groups -OCH3 is 1. The minimum Gasteiger partial charge on any atom is -0.467 e. The summed E-state index contributed by atoms with van der Waals surface area (Å²) in [6, 6.07) is 15.5. The smallest absolute Gasteiger partial charge is 0.408 e. The van der Waals surface area contributed by atoms with E-state index in [2.05, 4.69) is 5.32 Å². The van der Waals surface area contributed by atoms with Crippen molar-refractivity contribution in [2.75, 3.05) is 7.11 Å². The van der Waals surface area contributed by atoms with Gasteiger partial charge in [0.15, 0.2) is 0 Å². The number of benzene rings is 2. The lowest BCUT2D eigenvalue weighted by Crippen LogP contribution is -2.43. The molecule has 126 valence electrons. The number of esters is 1. The first-order chi connectivity index (χ1) is 11.6. The third kappa shape index (κ3) is 5.59. The summed E-state index contributed by atoms with van der Waals surface area (Å²) >= 11 is 5.84. The van der Waals surface area contributed by atoms with Gasteiger partial charge < -0.3 is 14.8 Å². The van der Waals surface area contributed by atoms with E-state index in [0.717, 1.165) is 11.1 Å². The van der Waals surface area contributed by atoms with Gasteiger partial charge in [0.1, 0.15) is 12.6 Å². The van der Waals surface area contributed by atoms with Crippen LogP contribution in [0.25, 0.3) is 0 Å². The zero-order valence-electron chi connectivity index (χ0n) is 13.2. The predicted molar refractivity (Wildman–Crippen MR) is 90.7 cm³/mol. The van der Waals surface area contributed by atoms with Crippen molar-refractivity contribution in [2.24, 2.45) is 0 Å². The van der Waals surface area contributed by atoms with E-state index < -0.39 is 18.1 Å². The second-order valence-electron chi connectivity index (χ2n) is 5.11. The summed E-state index contributed by atoms with van der Waals surface area (Å²) in [7, 11) is 1.27. The number of rotatable bonds is 6. The average Bonchev–Trinajstić information content (AvgIpc) is 2.61. The predicted octanol–water partition coefficient (Wildman–Crippen LogP) is 3.35. The fourth-order valence-electron chi connectivity index (χ4n) is 2.10. The molecule has 1 amide bonds. The van der Waals surface area contributed by atoms with Crippen molar-refractivity contribution in [3.63, 3.8) is 0 Å². The molecule has 1 atom stereocenters. The van der Waals surface area contributed by atoms with Crippen molar-refractivity contribution < 1.29 is 19.1 Å². The molecule has 0 aliphatic carbocycles. The lowest BCUT2D eigenvalue weighted by atomic mass is 10.1. The van der Waals surface area contributed by atoms with Gasteiger partial charge in [0.2, 0.25) is 0 Å². The molecule has 0 aromatic heterocycles. The van der Waals surface area contributed by atoms with Crippen molar-refractivity contribution in [3.8, 4) is 0 Å². The quantitative estimate of drug-likeness (QED) is 0.814. The number of carbonyl (C=O) groups excluding carboxylic acids is 2. The number of halogens is 1. The molecule has 1 N–H and O–H groups in total. The van der Waals surface area contributed by atoms with Crippen LogP contribution in [0.15, 0.2) is 54.6 Å². The molecule has 0 saturated heterocycles. The molecule has 0 saturated carbocycles. The molecule has 0 bridgehead atoms. The van der Waals surface area contributed by atoms with Crippen LogP contribution in [0.1, 0.15) is 11.1 Å². The first-order valence-electron chi connectivity index (χ1n) is 7.38. The molecule has 2 rings (SSSR count). The number of alkyl carbamates (subject to hydrolysis) is 1. The molecule has 0 aliphatic heterocycles. The van der Waals surface area contributed by atoms with Gasteiger partial charge in [-0.25, -0.2) is 9.59 Å². The molecule has 0 unspecified atom stereocenters. The molecule has 5 nitrogen and oxygen atoms in total. The minimum atomic E-state index is -0.834. The van der Waals surface area contributed by atoms with Crippen LogP contribution < -0.4 is 5.32 Å². The van der Waals surface area contributed by atoms with E-state index in [0.29, 0.717) is 5.02 Å². The van der Waals surface area contributed by atoms with Crippen molar-refractivity contribution in [1.29, 1.82) is 0 Å². The molecule has 6 heteroatoms. The Bertz CT molecular complexity index is 673. The maximum atomic E-state index is 11.9. The molecule has 2 aromatic carbocycles. The third-order valence-electron chi connectivity index (χ3n) is 3.34. The zero-order valence-corrected chi connectivity index (χ0v) is 14.0. The van der Waals surface area contributed by atoms with Gasteiger partial charge in [0.05, 0.1) is 7.11 Å². The van der Waals surface area contributed by atoms with Crippen LogP contribution in [0.5, 0.6) is 0 Å². The van der Waals surface area contributed by atoms with Crippen LogP contribution >= 0.6 is 11.6 Å². The third-order valence-corrected chi connectivity index (χ3v) is 3.60. The Balaban J connectivity index is 1.93. The summed E-state index contributed by atoms with van der Waals surface area (Å²) in [6.45, 7) is 0.126. The van der Waals surface area contributed by atoms with Crippen molar-refractivity contribution in [3.05, 3.63) is 70.7 Å². The van der Waals surface area contributed by atoms with Gasteiger partial charge in [-0.15, -0.1) is 0 Å². The maximum absolute atomic E-state index is 11.9. The molecule has 0 radical (unpaired) electrons. The Kier molecular flexibility index (Phi) is 6.63. The number of carbonyl (C=O) groups is 2. The molecule has 0 fully saturated rings. The Morgan fingerprint density at radius 1 is 1.04 bits per heavy atom. The number of ether oxygens (including phenoxy) is 2. The van der Waals surface area contributed by atoms with E-state index in [1.165, 1.54) is 7.11 Å². The van der Waals surface area contributed by atoms with Gasteiger partial charge in [-0.3, -0.25) is 0 Å². The topological polar surface area (TPSA) is 64.6 Å². The molecular formula is C18H18ClNO4.